The predicted molar refractivity (Wildman–Crippen MR) is 80.3 cm³/mol. The minimum atomic E-state index is -0.192. The molecule has 1 aromatic carbocycles. The summed E-state index contributed by atoms with van der Waals surface area (Å²) >= 11 is 0. The number of unbranched alkanes of at least 4 members (excludes halogenated alkanes) is 1. The zero-order valence-electron chi connectivity index (χ0n) is 11.9. The third kappa shape index (κ3) is 3.75. The fourth-order valence-corrected chi connectivity index (χ4v) is 3.41. The van der Waals surface area contributed by atoms with Gasteiger partial charge in [0.1, 0.15) is 0 Å². The summed E-state index contributed by atoms with van der Waals surface area (Å²) < 4.78 is 0. The first-order chi connectivity index (χ1) is 9.77. The largest absolute Gasteiger partial charge is 0.393 e. The number of azide groups is 1. The average molecular weight is 273 g/mol. The lowest BCUT2D eigenvalue weighted by atomic mass is 9.74. The first-order valence-electron chi connectivity index (χ1n) is 7.50. The van der Waals surface area contributed by atoms with Crippen molar-refractivity contribution in [3.63, 3.8) is 0 Å². The van der Waals surface area contributed by atoms with Crippen LogP contribution in [0.4, 0.5) is 0 Å². The van der Waals surface area contributed by atoms with E-state index in [2.05, 4.69) is 34.3 Å². The van der Waals surface area contributed by atoms with Gasteiger partial charge in [0.05, 0.1) is 6.10 Å². The average Bonchev–Trinajstić information content (AvgIpc) is 2.81. The van der Waals surface area contributed by atoms with E-state index in [0.717, 1.165) is 44.9 Å². The van der Waals surface area contributed by atoms with Gasteiger partial charge in [-0.15, -0.1) is 0 Å². The van der Waals surface area contributed by atoms with Crippen molar-refractivity contribution in [3.05, 3.63) is 46.3 Å². The fraction of sp³-hybridized carbons (Fsp3) is 0.625. The Kier molecular flexibility index (Phi) is 5.45. The Balaban J connectivity index is 1.97. The van der Waals surface area contributed by atoms with Crippen molar-refractivity contribution >= 4 is 0 Å². The molecule has 0 spiro atoms. The number of aliphatic hydroxyl groups excluding tert-OH is 1. The van der Waals surface area contributed by atoms with E-state index in [1.54, 1.807) is 0 Å². The molecule has 0 aromatic heterocycles. The van der Waals surface area contributed by atoms with Crippen molar-refractivity contribution in [2.75, 3.05) is 6.54 Å². The highest BCUT2D eigenvalue weighted by molar-refractivity contribution is 5.17. The second-order valence-electron chi connectivity index (χ2n) is 5.84. The predicted octanol–water partition coefficient (Wildman–Crippen LogP) is 4.24. The molecule has 2 unspecified atom stereocenters. The maximum absolute atomic E-state index is 10.4. The lowest BCUT2D eigenvalue weighted by molar-refractivity contribution is 0.0437. The molecule has 1 aliphatic rings. The van der Waals surface area contributed by atoms with Crippen LogP contribution >= 0.6 is 0 Å². The van der Waals surface area contributed by atoms with Crippen molar-refractivity contribution in [1.82, 2.24) is 0 Å². The first-order valence-corrected chi connectivity index (χ1v) is 7.50. The molecule has 0 bridgehead atoms. The SMILES string of the molecule is [N-]=[N+]=NCCCCC1(Cc2ccccc2)CCCC1O. The molecule has 1 aromatic rings. The molecule has 4 heteroatoms. The maximum atomic E-state index is 10.4. The van der Waals surface area contributed by atoms with Gasteiger partial charge in [-0.1, -0.05) is 48.3 Å². The Morgan fingerprint density at radius 1 is 1.30 bits per heavy atom. The number of benzene rings is 1. The van der Waals surface area contributed by atoms with Crippen molar-refractivity contribution in [2.45, 2.75) is 51.0 Å². The van der Waals surface area contributed by atoms with Crippen LogP contribution in [-0.4, -0.2) is 17.8 Å². The van der Waals surface area contributed by atoms with Gasteiger partial charge < -0.3 is 5.11 Å². The van der Waals surface area contributed by atoms with Crippen LogP contribution in [0.1, 0.15) is 44.1 Å². The molecule has 0 aliphatic heterocycles. The Bertz CT molecular complexity index is 456. The molecule has 0 radical (unpaired) electrons. The van der Waals surface area contributed by atoms with E-state index in [-0.39, 0.29) is 11.5 Å². The van der Waals surface area contributed by atoms with Crippen molar-refractivity contribution in [3.8, 4) is 0 Å². The zero-order valence-corrected chi connectivity index (χ0v) is 11.9. The number of hydrogen-bond acceptors (Lipinski definition) is 2. The van der Waals surface area contributed by atoms with E-state index in [0.29, 0.717) is 6.54 Å². The van der Waals surface area contributed by atoms with E-state index >= 15 is 0 Å². The van der Waals surface area contributed by atoms with Gasteiger partial charge in [0.2, 0.25) is 0 Å². The number of aliphatic hydroxyl groups is 1. The van der Waals surface area contributed by atoms with E-state index < -0.39 is 0 Å². The molecule has 0 heterocycles. The lowest BCUT2D eigenvalue weighted by Gasteiger charge is -2.33. The second kappa shape index (κ2) is 7.32. The highest BCUT2D eigenvalue weighted by Gasteiger charge is 2.41. The van der Waals surface area contributed by atoms with Gasteiger partial charge in [-0.2, -0.15) is 0 Å². The smallest absolute Gasteiger partial charge is 0.0599 e. The molecule has 108 valence electrons. The quantitative estimate of drug-likeness (QED) is 0.343. The van der Waals surface area contributed by atoms with Crippen LogP contribution < -0.4 is 0 Å². The summed E-state index contributed by atoms with van der Waals surface area (Å²) in [6.45, 7) is 0.564. The van der Waals surface area contributed by atoms with Gasteiger partial charge in [0.25, 0.3) is 0 Å². The van der Waals surface area contributed by atoms with E-state index in [4.69, 9.17) is 5.53 Å². The van der Waals surface area contributed by atoms with Crippen LogP contribution in [0.2, 0.25) is 0 Å². The van der Waals surface area contributed by atoms with Crippen LogP contribution in [0.5, 0.6) is 0 Å². The Morgan fingerprint density at radius 2 is 2.10 bits per heavy atom. The molecule has 1 saturated carbocycles. The monoisotopic (exact) mass is 273 g/mol. The zero-order chi connectivity index (χ0) is 14.3. The van der Waals surface area contributed by atoms with Gasteiger partial charge in [-0.25, -0.2) is 0 Å². The highest BCUT2D eigenvalue weighted by Crippen LogP contribution is 2.45. The topological polar surface area (TPSA) is 69.0 Å². The van der Waals surface area contributed by atoms with E-state index in [9.17, 15) is 5.11 Å². The second-order valence-corrected chi connectivity index (χ2v) is 5.84. The summed E-state index contributed by atoms with van der Waals surface area (Å²) in [7, 11) is 0. The van der Waals surface area contributed by atoms with Crippen molar-refractivity contribution in [1.29, 1.82) is 0 Å². The molecule has 1 N–H and O–H groups in total. The molecule has 1 aliphatic carbocycles. The molecule has 20 heavy (non-hydrogen) atoms. The van der Waals surface area contributed by atoms with Crippen LogP contribution in [-0.2, 0) is 6.42 Å². The van der Waals surface area contributed by atoms with Gasteiger partial charge in [0.15, 0.2) is 0 Å². The summed E-state index contributed by atoms with van der Waals surface area (Å²) in [6, 6.07) is 10.4. The van der Waals surface area contributed by atoms with Crippen molar-refractivity contribution < 1.29 is 5.11 Å². The molecular formula is C16H23N3O. The van der Waals surface area contributed by atoms with Crippen molar-refractivity contribution in [2.24, 2.45) is 10.5 Å². The summed E-state index contributed by atoms with van der Waals surface area (Å²) in [4.78, 5) is 2.78. The molecule has 1 fully saturated rings. The molecule has 4 nitrogen and oxygen atoms in total. The minimum Gasteiger partial charge on any atom is -0.393 e. The minimum absolute atomic E-state index is 0.0255. The van der Waals surface area contributed by atoms with Crippen LogP contribution in [0, 0.1) is 5.41 Å². The van der Waals surface area contributed by atoms with Crippen LogP contribution in [0.25, 0.3) is 10.4 Å². The number of rotatable bonds is 7. The van der Waals surface area contributed by atoms with Crippen LogP contribution in [0.15, 0.2) is 35.4 Å². The fourth-order valence-electron chi connectivity index (χ4n) is 3.41. The lowest BCUT2D eigenvalue weighted by Crippen LogP contribution is -2.32. The summed E-state index contributed by atoms with van der Waals surface area (Å²) in [5.74, 6) is 0. The van der Waals surface area contributed by atoms with E-state index in [1.165, 1.54) is 5.56 Å². The summed E-state index contributed by atoms with van der Waals surface area (Å²) in [5.41, 5.74) is 9.62. The molecule has 2 atom stereocenters. The Labute approximate surface area is 120 Å². The van der Waals surface area contributed by atoms with Gasteiger partial charge in [-0.05, 0) is 43.2 Å². The van der Waals surface area contributed by atoms with Crippen LogP contribution in [0.3, 0.4) is 0 Å². The molecule has 0 amide bonds. The summed E-state index contributed by atoms with van der Waals surface area (Å²) in [6.07, 6.45) is 6.84. The molecular weight excluding hydrogens is 250 g/mol. The number of hydrogen-bond donors (Lipinski definition) is 1. The molecule has 2 rings (SSSR count). The molecule has 0 saturated heterocycles. The standard InChI is InChI=1S/C16H23N3O/c17-19-18-12-5-4-10-16(11-6-9-15(16)20)13-14-7-2-1-3-8-14/h1-3,7-8,15,20H,4-6,9-13H2. The van der Waals surface area contributed by atoms with Gasteiger partial charge >= 0.3 is 0 Å². The Morgan fingerprint density at radius 3 is 2.75 bits per heavy atom. The highest BCUT2D eigenvalue weighted by atomic mass is 16.3. The summed E-state index contributed by atoms with van der Waals surface area (Å²) in [5, 5.41) is 14.0. The van der Waals surface area contributed by atoms with Gasteiger partial charge in [0, 0.05) is 16.9 Å². The maximum Gasteiger partial charge on any atom is 0.0599 e. The third-order valence-corrected chi connectivity index (χ3v) is 4.50. The third-order valence-electron chi connectivity index (χ3n) is 4.50. The number of nitrogens with zero attached hydrogens (tertiary/aromatic N) is 3. The normalized spacial score (nSPS) is 25.4. The Hall–Kier alpha value is -1.51. The van der Waals surface area contributed by atoms with Gasteiger partial charge in [-0.3, -0.25) is 0 Å². The van der Waals surface area contributed by atoms with E-state index in [1.807, 2.05) is 6.07 Å². The first kappa shape index (κ1) is 14.9.